The van der Waals surface area contributed by atoms with E-state index in [4.69, 9.17) is 27.6 Å². The highest BCUT2D eigenvalue weighted by atomic mass is 35.5. The molecule has 0 saturated carbocycles. The molecule has 0 saturated heterocycles. The van der Waals surface area contributed by atoms with Gasteiger partial charge in [0.15, 0.2) is 0 Å². The molecule has 0 bridgehead atoms. The van der Waals surface area contributed by atoms with Gasteiger partial charge in [-0.15, -0.1) is 10.2 Å². The summed E-state index contributed by atoms with van der Waals surface area (Å²) in [6.07, 6.45) is 0.778. The van der Waals surface area contributed by atoms with Crippen LogP contribution in [-0.2, 0) is 6.42 Å². The number of nitrogens with one attached hydrogen (secondary N) is 1. The number of halogens is 3. The van der Waals surface area contributed by atoms with Crippen LogP contribution in [0.3, 0.4) is 0 Å². The lowest BCUT2D eigenvalue weighted by molar-refractivity contribution is 0.440. The van der Waals surface area contributed by atoms with E-state index in [-0.39, 0.29) is 11.9 Å². The molecule has 1 N–H and O–H groups in total. The molecule has 7 heteroatoms. The Bertz CT molecular complexity index is 1110. The van der Waals surface area contributed by atoms with Gasteiger partial charge in [-0.25, -0.2) is 4.39 Å². The fourth-order valence-electron chi connectivity index (χ4n) is 3.11. The molecule has 3 aromatic carbocycles. The van der Waals surface area contributed by atoms with E-state index in [1.165, 1.54) is 12.1 Å². The van der Waals surface area contributed by atoms with Crippen molar-refractivity contribution in [3.63, 3.8) is 0 Å². The van der Waals surface area contributed by atoms with Crippen LogP contribution in [-0.4, -0.2) is 16.7 Å². The summed E-state index contributed by atoms with van der Waals surface area (Å²) in [5.41, 5.74) is 2.63. The largest absolute Gasteiger partial charge is 0.419 e. The van der Waals surface area contributed by atoms with Crippen molar-refractivity contribution in [2.24, 2.45) is 0 Å². The Hall–Kier alpha value is -2.73. The van der Waals surface area contributed by atoms with Crippen LogP contribution in [0.2, 0.25) is 10.0 Å². The van der Waals surface area contributed by atoms with Gasteiger partial charge in [0.05, 0.1) is 10.6 Å². The van der Waals surface area contributed by atoms with E-state index in [1.807, 2.05) is 42.5 Å². The number of aromatic nitrogens is 2. The molecule has 0 spiro atoms. The average molecular weight is 442 g/mol. The maximum Gasteiger partial charge on any atom is 0.249 e. The molecule has 1 atom stereocenters. The summed E-state index contributed by atoms with van der Waals surface area (Å²) in [5, 5.41) is 13.0. The highest BCUT2D eigenvalue weighted by molar-refractivity contribution is 6.33. The van der Waals surface area contributed by atoms with Crippen LogP contribution in [0.4, 0.5) is 4.39 Å². The summed E-state index contributed by atoms with van der Waals surface area (Å²) >= 11 is 12.2. The van der Waals surface area contributed by atoms with Gasteiger partial charge in [-0.3, -0.25) is 0 Å². The molecule has 30 heavy (non-hydrogen) atoms. The van der Waals surface area contributed by atoms with E-state index < -0.39 is 0 Å². The Morgan fingerprint density at radius 2 is 1.63 bits per heavy atom. The fraction of sp³-hybridized carbons (Fsp3) is 0.130. The minimum atomic E-state index is -0.387. The zero-order valence-corrected chi connectivity index (χ0v) is 17.4. The number of rotatable bonds is 7. The van der Waals surface area contributed by atoms with E-state index in [2.05, 4.69) is 15.5 Å². The van der Waals surface area contributed by atoms with E-state index in [1.54, 1.807) is 18.2 Å². The normalized spacial score (nSPS) is 12.1. The lowest BCUT2D eigenvalue weighted by Crippen LogP contribution is -2.25. The van der Waals surface area contributed by atoms with Crippen molar-refractivity contribution in [1.29, 1.82) is 0 Å². The van der Waals surface area contributed by atoms with Crippen molar-refractivity contribution < 1.29 is 8.81 Å². The Morgan fingerprint density at radius 1 is 0.900 bits per heavy atom. The van der Waals surface area contributed by atoms with Crippen LogP contribution in [0.25, 0.3) is 11.5 Å². The van der Waals surface area contributed by atoms with Gasteiger partial charge in [-0.2, -0.15) is 0 Å². The van der Waals surface area contributed by atoms with Crippen LogP contribution in [0.1, 0.15) is 23.1 Å². The van der Waals surface area contributed by atoms with Crippen LogP contribution in [0.15, 0.2) is 77.2 Å². The molecular formula is C23H18Cl2FN3O. The first kappa shape index (κ1) is 20.5. The van der Waals surface area contributed by atoms with E-state index in [9.17, 15) is 4.39 Å². The second kappa shape index (κ2) is 9.39. The van der Waals surface area contributed by atoms with E-state index >= 15 is 0 Å². The number of hydrogen-bond donors (Lipinski definition) is 1. The minimum Gasteiger partial charge on any atom is -0.419 e. The third-order valence-corrected chi connectivity index (χ3v) is 5.25. The first-order chi connectivity index (χ1) is 14.6. The Balaban J connectivity index is 1.57. The van der Waals surface area contributed by atoms with Gasteiger partial charge >= 0.3 is 0 Å². The molecule has 152 valence electrons. The van der Waals surface area contributed by atoms with E-state index in [0.29, 0.717) is 33.9 Å². The first-order valence-corrected chi connectivity index (χ1v) is 10.2. The van der Waals surface area contributed by atoms with Gasteiger partial charge in [0, 0.05) is 11.6 Å². The van der Waals surface area contributed by atoms with Crippen molar-refractivity contribution in [3.05, 3.63) is 106 Å². The predicted octanol–water partition coefficient (Wildman–Crippen LogP) is 6.10. The molecule has 4 aromatic rings. The number of hydrogen-bond acceptors (Lipinski definition) is 4. The molecule has 4 rings (SSSR count). The van der Waals surface area contributed by atoms with Crippen molar-refractivity contribution in [2.75, 3.05) is 6.54 Å². The van der Waals surface area contributed by atoms with Gasteiger partial charge < -0.3 is 9.73 Å². The van der Waals surface area contributed by atoms with Crippen LogP contribution in [0.5, 0.6) is 0 Å². The smallest absolute Gasteiger partial charge is 0.249 e. The lowest BCUT2D eigenvalue weighted by atomic mass is 10.1. The molecule has 0 aliphatic rings. The summed E-state index contributed by atoms with van der Waals surface area (Å²) in [5.74, 6) is 0.413. The number of benzene rings is 3. The van der Waals surface area contributed by atoms with Crippen LogP contribution < -0.4 is 5.32 Å². The molecule has 0 aliphatic carbocycles. The van der Waals surface area contributed by atoms with Gasteiger partial charge in [0.1, 0.15) is 11.9 Å². The molecule has 4 nitrogen and oxygen atoms in total. The SMILES string of the molecule is Fc1ccc([C@@H](NCCc2ccc(Cl)cc2)c2nnc(-c3ccccc3Cl)o2)cc1. The van der Waals surface area contributed by atoms with Crippen molar-refractivity contribution in [2.45, 2.75) is 12.5 Å². The summed E-state index contributed by atoms with van der Waals surface area (Å²) in [6.45, 7) is 0.646. The molecular weight excluding hydrogens is 424 g/mol. The highest BCUT2D eigenvalue weighted by Crippen LogP contribution is 2.29. The standard InChI is InChI=1S/C23H18Cl2FN3O/c24-17-9-5-15(6-10-17)13-14-27-21(16-7-11-18(26)12-8-16)23-29-28-22(30-23)19-3-1-2-4-20(19)25/h1-12,21,27H,13-14H2/t21-/m1/s1. The van der Waals surface area contributed by atoms with Crippen molar-refractivity contribution in [1.82, 2.24) is 15.5 Å². The second-order valence-electron chi connectivity index (χ2n) is 6.74. The Kier molecular flexibility index (Phi) is 6.43. The topological polar surface area (TPSA) is 51.0 Å². The molecule has 0 aliphatic heterocycles. The summed E-state index contributed by atoms with van der Waals surface area (Å²) in [6, 6.07) is 20.8. The quantitative estimate of drug-likeness (QED) is 0.376. The van der Waals surface area contributed by atoms with Gasteiger partial charge in [0.2, 0.25) is 11.8 Å². The maximum absolute atomic E-state index is 13.4. The molecule has 0 unspecified atom stereocenters. The maximum atomic E-state index is 13.4. The van der Waals surface area contributed by atoms with Gasteiger partial charge in [-0.1, -0.05) is 59.6 Å². The molecule has 1 aromatic heterocycles. The predicted molar refractivity (Wildman–Crippen MR) is 116 cm³/mol. The summed E-state index contributed by atoms with van der Waals surface area (Å²) < 4.78 is 19.4. The third kappa shape index (κ3) is 4.87. The monoisotopic (exact) mass is 441 g/mol. The van der Waals surface area contributed by atoms with E-state index in [0.717, 1.165) is 17.5 Å². The number of nitrogens with zero attached hydrogens (tertiary/aromatic N) is 2. The van der Waals surface area contributed by atoms with Crippen molar-refractivity contribution in [3.8, 4) is 11.5 Å². The zero-order chi connectivity index (χ0) is 20.9. The molecule has 0 fully saturated rings. The van der Waals surface area contributed by atoms with Gasteiger partial charge in [0.25, 0.3) is 0 Å². The second-order valence-corrected chi connectivity index (χ2v) is 7.58. The third-order valence-electron chi connectivity index (χ3n) is 4.67. The lowest BCUT2D eigenvalue weighted by Gasteiger charge is -2.16. The average Bonchev–Trinajstić information content (AvgIpc) is 3.23. The van der Waals surface area contributed by atoms with Crippen molar-refractivity contribution >= 4 is 23.2 Å². The molecule has 0 radical (unpaired) electrons. The summed E-state index contributed by atoms with van der Waals surface area (Å²) in [7, 11) is 0. The Morgan fingerprint density at radius 3 is 2.37 bits per heavy atom. The zero-order valence-electron chi connectivity index (χ0n) is 15.9. The highest BCUT2D eigenvalue weighted by Gasteiger charge is 2.22. The van der Waals surface area contributed by atoms with Crippen LogP contribution in [0, 0.1) is 5.82 Å². The van der Waals surface area contributed by atoms with Gasteiger partial charge in [-0.05, 0) is 53.9 Å². The first-order valence-electron chi connectivity index (χ1n) is 9.42. The summed E-state index contributed by atoms with van der Waals surface area (Å²) in [4.78, 5) is 0. The van der Waals surface area contributed by atoms with Crippen LogP contribution >= 0.6 is 23.2 Å². The molecule has 0 amide bonds. The minimum absolute atomic E-state index is 0.305. The fourth-order valence-corrected chi connectivity index (χ4v) is 3.45. The Labute approximate surface area is 183 Å². The molecule has 1 heterocycles.